The van der Waals surface area contributed by atoms with Gasteiger partial charge in [0.1, 0.15) is 5.69 Å². The molecule has 0 fully saturated rings. The second-order valence-corrected chi connectivity index (χ2v) is 8.42. The molecule has 0 spiro atoms. The Morgan fingerprint density at radius 3 is 2.52 bits per heavy atom. The van der Waals surface area contributed by atoms with Gasteiger partial charge in [0.25, 0.3) is 5.91 Å². The standard InChI is InChI=1S/C21H23N3O4S/c1-3-12-29(26,27)24-18-7-5-6-17(13-18)21(25)22-20-14-19(23-28-20)16-10-8-15(4-2)9-11-16/h5-11,13-14,24H,3-4,12H2,1-2H3,(H,22,25). The predicted octanol–water partition coefficient (Wildman–Crippen LogP) is 4.31. The summed E-state index contributed by atoms with van der Waals surface area (Å²) in [5.74, 6) is -0.198. The van der Waals surface area contributed by atoms with Crippen LogP contribution in [-0.2, 0) is 16.4 Å². The fourth-order valence-electron chi connectivity index (χ4n) is 2.79. The first kappa shape index (κ1) is 20.6. The van der Waals surface area contributed by atoms with Crippen molar-refractivity contribution in [2.75, 3.05) is 15.8 Å². The fraction of sp³-hybridized carbons (Fsp3) is 0.238. The second-order valence-electron chi connectivity index (χ2n) is 6.58. The molecule has 1 amide bonds. The van der Waals surface area contributed by atoms with Gasteiger partial charge < -0.3 is 4.52 Å². The minimum Gasteiger partial charge on any atom is -0.338 e. The van der Waals surface area contributed by atoms with Crippen molar-refractivity contribution >= 4 is 27.5 Å². The molecule has 8 heteroatoms. The number of benzene rings is 2. The van der Waals surface area contributed by atoms with Crippen LogP contribution in [0.2, 0.25) is 0 Å². The van der Waals surface area contributed by atoms with Crippen molar-refractivity contribution in [3.63, 3.8) is 0 Å². The van der Waals surface area contributed by atoms with Crippen LogP contribution in [0.1, 0.15) is 36.2 Å². The normalized spacial score (nSPS) is 11.2. The van der Waals surface area contributed by atoms with Gasteiger partial charge in [-0.25, -0.2) is 8.42 Å². The molecule has 0 atom stereocenters. The third-order valence-corrected chi connectivity index (χ3v) is 5.77. The Morgan fingerprint density at radius 2 is 1.83 bits per heavy atom. The molecule has 0 aliphatic rings. The van der Waals surface area contributed by atoms with Gasteiger partial charge in [0.15, 0.2) is 0 Å². The van der Waals surface area contributed by atoms with Crippen molar-refractivity contribution in [1.82, 2.24) is 5.16 Å². The van der Waals surface area contributed by atoms with Crippen molar-refractivity contribution < 1.29 is 17.7 Å². The lowest BCUT2D eigenvalue weighted by molar-refractivity contribution is 0.102. The van der Waals surface area contributed by atoms with Gasteiger partial charge in [0.05, 0.1) is 5.75 Å². The maximum atomic E-state index is 12.5. The molecule has 0 aliphatic carbocycles. The van der Waals surface area contributed by atoms with E-state index in [0.29, 0.717) is 23.4 Å². The Morgan fingerprint density at radius 1 is 1.07 bits per heavy atom. The Labute approximate surface area is 170 Å². The van der Waals surface area contributed by atoms with Crippen molar-refractivity contribution in [3.05, 3.63) is 65.7 Å². The first-order valence-corrected chi connectivity index (χ1v) is 11.0. The molecule has 0 bridgehead atoms. The van der Waals surface area contributed by atoms with Crippen LogP contribution in [0.3, 0.4) is 0 Å². The molecule has 0 unspecified atom stereocenters. The van der Waals surface area contributed by atoms with Crippen LogP contribution >= 0.6 is 0 Å². The second kappa shape index (κ2) is 8.91. The molecule has 2 aromatic carbocycles. The molecule has 1 aromatic heterocycles. The largest absolute Gasteiger partial charge is 0.338 e. The number of nitrogens with one attached hydrogen (secondary N) is 2. The smallest absolute Gasteiger partial charge is 0.258 e. The molecule has 29 heavy (non-hydrogen) atoms. The molecule has 3 aromatic rings. The Kier molecular flexibility index (Phi) is 6.33. The van der Waals surface area contributed by atoms with Crippen molar-refractivity contribution in [1.29, 1.82) is 0 Å². The quantitative estimate of drug-likeness (QED) is 0.573. The topological polar surface area (TPSA) is 101 Å². The Balaban J connectivity index is 1.70. The number of carbonyl (C=O) groups excluding carboxylic acids is 1. The van der Waals surface area contributed by atoms with E-state index in [-0.39, 0.29) is 11.6 Å². The molecule has 0 aliphatic heterocycles. The van der Waals surface area contributed by atoms with E-state index in [1.165, 1.54) is 11.6 Å². The van der Waals surface area contributed by atoms with Gasteiger partial charge in [-0.1, -0.05) is 49.3 Å². The van der Waals surface area contributed by atoms with Crippen LogP contribution in [0, 0.1) is 0 Å². The van der Waals surface area contributed by atoms with Crippen molar-refractivity contribution in [3.8, 4) is 11.3 Å². The van der Waals surface area contributed by atoms with Gasteiger partial charge in [-0.3, -0.25) is 14.8 Å². The lowest BCUT2D eigenvalue weighted by Crippen LogP contribution is -2.17. The minimum atomic E-state index is -3.43. The maximum Gasteiger partial charge on any atom is 0.258 e. The van der Waals surface area contributed by atoms with Crippen molar-refractivity contribution in [2.45, 2.75) is 26.7 Å². The van der Waals surface area contributed by atoms with Gasteiger partial charge in [0.2, 0.25) is 15.9 Å². The van der Waals surface area contributed by atoms with E-state index in [1.807, 2.05) is 24.3 Å². The Bertz CT molecular complexity index is 1090. The number of amides is 1. The summed E-state index contributed by atoms with van der Waals surface area (Å²) < 4.78 is 31.5. The first-order chi connectivity index (χ1) is 13.9. The number of hydrogen-bond acceptors (Lipinski definition) is 5. The average Bonchev–Trinajstić information content (AvgIpc) is 3.16. The molecule has 7 nitrogen and oxygen atoms in total. The summed E-state index contributed by atoms with van der Waals surface area (Å²) in [7, 11) is -3.43. The van der Waals surface area contributed by atoms with Crippen LogP contribution in [-0.4, -0.2) is 25.2 Å². The van der Waals surface area contributed by atoms with Gasteiger partial charge in [-0.15, -0.1) is 0 Å². The molecule has 1 heterocycles. The Hall–Kier alpha value is -3.13. The average molecular weight is 413 g/mol. The fourth-order valence-corrected chi connectivity index (χ4v) is 3.91. The van der Waals surface area contributed by atoms with E-state index in [1.54, 1.807) is 31.2 Å². The van der Waals surface area contributed by atoms with Crippen LogP contribution < -0.4 is 10.0 Å². The predicted molar refractivity (Wildman–Crippen MR) is 113 cm³/mol. The maximum absolute atomic E-state index is 12.5. The highest BCUT2D eigenvalue weighted by Crippen LogP contribution is 2.23. The summed E-state index contributed by atoms with van der Waals surface area (Å²) in [5.41, 5.74) is 3.36. The van der Waals surface area contributed by atoms with Gasteiger partial charge in [-0.05, 0) is 36.6 Å². The van der Waals surface area contributed by atoms with E-state index in [2.05, 4.69) is 22.1 Å². The number of carbonyl (C=O) groups is 1. The van der Waals surface area contributed by atoms with E-state index < -0.39 is 15.9 Å². The third kappa shape index (κ3) is 5.45. The highest BCUT2D eigenvalue weighted by molar-refractivity contribution is 7.92. The number of anilines is 2. The zero-order chi connectivity index (χ0) is 20.9. The number of aryl methyl sites for hydroxylation is 1. The monoisotopic (exact) mass is 413 g/mol. The van der Waals surface area contributed by atoms with Crippen LogP contribution in [0.4, 0.5) is 11.6 Å². The van der Waals surface area contributed by atoms with E-state index in [4.69, 9.17) is 4.52 Å². The third-order valence-electron chi connectivity index (χ3n) is 4.28. The molecular weight excluding hydrogens is 390 g/mol. The van der Waals surface area contributed by atoms with E-state index >= 15 is 0 Å². The molecular formula is C21H23N3O4S. The highest BCUT2D eigenvalue weighted by atomic mass is 32.2. The van der Waals surface area contributed by atoms with Crippen molar-refractivity contribution in [2.24, 2.45) is 0 Å². The summed E-state index contributed by atoms with van der Waals surface area (Å²) >= 11 is 0. The molecule has 3 rings (SSSR count). The zero-order valence-corrected chi connectivity index (χ0v) is 17.1. The molecule has 0 saturated heterocycles. The van der Waals surface area contributed by atoms with Crippen LogP contribution in [0.5, 0.6) is 0 Å². The van der Waals surface area contributed by atoms with Gasteiger partial charge in [-0.2, -0.15) is 0 Å². The van der Waals surface area contributed by atoms with Crippen LogP contribution in [0.15, 0.2) is 59.1 Å². The number of sulfonamides is 1. The first-order valence-electron chi connectivity index (χ1n) is 9.38. The summed E-state index contributed by atoms with van der Waals surface area (Å²) in [4.78, 5) is 12.5. The van der Waals surface area contributed by atoms with E-state index in [0.717, 1.165) is 12.0 Å². The lowest BCUT2D eigenvalue weighted by atomic mass is 10.1. The number of aromatic nitrogens is 1. The summed E-state index contributed by atoms with van der Waals surface area (Å²) in [6.07, 6.45) is 1.46. The zero-order valence-electron chi connectivity index (χ0n) is 16.3. The van der Waals surface area contributed by atoms with Crippen LogP contribution in [0.25, 0.3) is 11.3 Å². The highest BCUT2D eigenvalue weighted by Gasteiger charge is 2.14. The van der Waals surface area contributed by atoms with Gasteiger partial charge in [0, 0.05) is 22.9 Å². The minimum absolute atomic E-state index is 0.0174. The summed E-state index contributed by atoms with van der Waals surface area (Å²) in [6, 6.07) is 15.9. The number of hydrogen-bond donors (Lipinski definition) is 2. The molecule has 2 N–H and O–H groups in total. The lowest BCUT2D eigenvalue weighted by Gasteiger charge is -2.08. The van der Waals surface area contributed by atoms with E-state index in [9.17, 15) is 13.2 Å². The molecule has 0 radical (unpaired) electrons. The number of nitrogens with zero attached hydrogens (tertiary/aromatic N) is 1. The summed E-state index contributed by atoms with van der Waals surface area (Å²) in [5, 5.41) is 6.63. The molecule has 152 valence electrons. The number of rotatable bonds is 8. The SMILES string of the molecule is CCCS(=O)(=O)Nc1cccc(C(=O)Nc2cc(-c3ccc(CC)cc3)no2)c1. The molecule has 0 saturated carbocycles. The van der Waals surface area contributed by atoms with Gasteiger partial charge >= 0.3 is 0 Å². The summed E-state index contributed by atoms with van der Waals surface area (Å²) in [6.45, 7) is 3.87.